The number of hydrogen-bond donors (Lipinski definition) is 1. The Morgan fingerprint density at radius 1 is 1.38 bits per heavy atom. The number of H-pyrrole nitrogens is 1. The Labute approximate surface area is 153 Å². The van der Waals surface area contributed by atoms with Gasteiger partial charge in [-0.2, -0.15) is 5.26 Å². The lowest BCUT2D eigenvalue weighted by Crippen LogP contribution is -2.60. The molecule has 0 radical (unpaired) electrons. The number of piperidine rings is 1. The Morgan fingerprint density at radius 3 is 3.00 bits per heavy atom. The van der Waals surface area contributed by atoms with Crippen molar-refractivity contribution in [2.75, 3.05) is 13.2 Å². The van der Waals surface area contributed by atoms with Crippen LogP contribution < -0.4 is 0 Å². The van der Waals surface area contributed by atoms with E-state index in [4.69, 9.17) is 4.74 Å². The van der Waals surface area contributed by atoms with Crippen LogP contribution in [0, 0.1) is 18.3 Å². The molecule has 0 bridgehead atoms. The first-order chi connectivity index (χ1) is 12.6. The molecule has 4 rings (SSSR count). The van der Waals surface area contributed by atoms with Gasteiger partial charge >= 0.3 is 0 Å². The summed E-state index contributed by atoms with van der Waals surface area (Å²) in [6.07, 6.45) is 7.01. The van der Waals surface area contributed by atoms with Gasteiger partial charge in [-0.15, -0.1) is 0 Å². The molecular formula is C21H25N3O2. The monoisotopic (exact) mass is 351 g/mol. The minimum Gasteiger partial charge on any atom is -0.372 e. The average molecular weight is 351 g/mol. The number of aryl methyl sites for hydroxylation is 1. The van der Waals surface area contributed by atoms with E-state index in [9.17, 15) is 10.1 Å². The zero-order valence-corrected chi connectivity index (χ0v) is 15.3. The molecule has 0 unspecified atom stereocenters. The maximum atomic E-state index is 13.1. The normalized spacial score (nSPS) is 26.2. The second kappa shape index (κ2) is 6.77. The van der Waals surface area contributed by atoms with E-state index in [1.165, 1.54) is 5.56 Å². The molecule has 5 heteroatoms. The van der Waals surface area contributed by atoms with Crippen molar-refractivity contribution in [1.82, 2.24) is 9.88 Å². The van der Waals surface area contributed by atoms with E-state index in [1.54, 1.807) is 4.90 Å². The SMILES string of the molecule is Cc1cccc2c(CC(=O)N3CCC[C@@]4(CCCCO4)[C@H]3C#N)c[nH]c12. The number of aromatic amines is 1. The molecule has 1 aromatic carbocycles. The Morgan fingerprint density at radius 2 is 2.23 bits per heavy atom. The second-order valence-corrected chi connectivity index (χ2v) is 7.58. The highest BCUT2D eigenvalue weighted by molar-refractivity contribution is 5.90. The van der Waals surface area contributed by atoms with Crippen LogP contribution in [0.25, 0.3) is 10.9 Å². The number of hydrogen-bond acceptors (Lipinski definition) is 3. The van der Waals surface area contributed by atoms with Crippen LogP contribution in [0.4, 0.5) is 0 Å². The van der Waals surface area contributed by atoms with E-state index >= 15 is 0 Å². The van der Waals surface area contributed by atoms with Crippen molar-refractivity contribution in [1.29, 1.82) is 5.26 Å². The zero-order valence-electron chi connectivity index (χ0n) is 15.3. The molecule has 2 aromatic rings. The molecule has 1 aromatic heterocycles. The summed E-state index contributed by atoms with van der Waals surface area (Å²) >= 11 is 0. The highest BCUT2D eigenvalue weighted by Gasteiger charge is 2.48. The van der Waals surface area contributed by atoms with Crippen LogP contribution in [0.15, 0.2) is 24.4 Å². The molecule has 2 aliphatic rings. The molecule has 2 atom stereocenters. The Kier molecular flexibility index (Phi) is 4.46. The van der Waals surface area contributed by atoms with Gasteiger partial charge < -0.3 is 14.6 Å². The number of nitriles is 1. The minimum absolute atomic E-state index is 0.0206. The number of nitrogens with zero attached hydrogens (tertiary/aromatic N) is 2. The molecule has 0 saturated carbocycles. The van der Waals surface area contributed by atoms with Crippen LogP contribution in [0.2, 0.25) is 0 Å². The summed E-state index contributed by atoms with van der Waals surface area (Å²) in [5.74, 6) is 0.0206. The fraction of sp³-hybridized carbons (Fsp3) is 0.524. The van der Waals surface area contributed by atoms with Crippen molar-refractivity contribution in [3.8, 4) is 6.07 Å². The van der Waals surface area contributed by atoms with Crippen molar-refractivity contribution in [2.45, 2.75) is 57.1 Å². The minimum atomic E-state index is -0.476. The number of nitrogens with one attached hydrogen (secondary N) is 1. The number of ether oxygens (including phenoxy) is 1. The summed E-state index contributed by atoms with van der Waals surface area (Å²) in [6, 6.07) is 8.04. The number of carbonyl (C=O) groups is 1. The molecule has 0 aliphatic carbocycles. The molecule has 5 nitrogen and oxygen atoms in total. The van der Waals surface area contributed by atoms with Gasteiger partial charge in [0.2, 0.25) is 5.91 Å². The number of carbonyl (C=O) groups excluding carboxylic acids is 1. The van der Waals surface area contributed by atoms with Crippen molar-refractivity contribution in [2.24, 2.45) is 0 Å². The van der Waals surface area contributed by atoms with E-state index < -0.39 is 11.6 Å². The molecule has 2 saturated heterocycles. The van der Waals surface area contributed by atoms with Crippen molar-refractivity contribution >= 4 is 16.8 Å². The van der Waals surface area contributed by atoms with Gasteiger partial charge in [-0.25, -0.2) is 0 Å². The molecule has 3 heterocycles. The standard InChI is InChI=1S/C21H25N3O2/c1-15-6-4-7-17-16(14-23-20(15)17)12-19(25)24-10-5-9-21(18(24)13-22)8-2-3-11-26-21/h4,6-7,14,18,23H,2-3,5,8-12H2,1H3/t18-,21+/m1/s1. The number of benzene rings is 1. The van der Waals surface area contributed by atoms with Crippen molar-refractivity contribution in [3.05, 3.63) is 35.5 Å². The molecule has 1 spiro atoms. The van der Waals surface area contributed by atoms with Gasteiger partial charge in [0.25, 0.3) is 0 Å². The predicted molar refractivity (Wildman–Crippen MR) is 99.6 cm³/mol. The molecular weight excluding hydrogens is 326 g/mol. The summed E-state index contributed by atoms with van der Waals surface area (Å²) in [5, 5.41) is 10.9. The first-order valence-corrected chi connectivity index (χ1v) is 9.53. The van der Waals surface area contributed by atoms with Crippen LogP contribution in [0.3, 0.4) is 0 Å². The fourth-order valence-corrected chi connectivity index (χ4v) is 4.62. The molecule has 1 N–H and O–H groups in total. The Balaban J connectivity index is 1.58. The van der Waals surface area contributed by atoms with Crippen LogP contribution in [0.5, 0.6) is 0 Å². The van der Waals surface area contributed by atoms with Gasteiger partial charge in [0.15, 0.2) is 0 Å². The molecule has 1 amide bonds. The fourth-order valence-electron chi connectivity index (χ4n) is 4.62. The number of amides is 1. The highest BCUT2D eigenvalue weighted by Crippen LogP contribution is 2.38. The third-order valence-corrected chi connectivity index (χ3v) is 5.99. The Hall–Kier alpha value is -2.32. The number of aromatic nitrogens is 1. The van der Waals surface area contributed by atoms with Crippen LogP contribution in [-0.4, -0.2) is 40.6 Å². The van der Waals surface area contributed by atoms with Gasteiger partial charge in [-0.3, -0.25) is 4.79 Å². The van der Waals surface area contributed by atoms with E-state index in [-0.39, 0.29) is 5.91 Å². The van der Waals surface area contributed by atoms with E-state index in [0.29, 0.717) is 19.6 Å². The van der Waals surface area contributed by atoms with Crippen LogP contribution in [0.1, 0.15) is 43.2 Å². The van der Waals surface area contributed by atoms with Gasteiger partial charge in [-0.1, -0.05) is 18.2 Å². The van der Waals surface area contributed by atoms with E-state index in [1.807, 2.05) is 18.3 Å². The lowest BCUT2D eigenvalue weighted by molar-refractivity contribution is -0.158. The third kappa shape index (κ3) is 2.79. The molecule has 136 valence electrons. The maximum absolute atomic E-state index is 13.1. The summed E-state index contributed by atoms with van der Waals surface area (Å²) in [4.78, 5) is 18.1. The lowest BCUT2D eigenvalue weighted by Gasteiger charge is -2.48. The summed E-state index contributed by atoms with van der Waals surface area (Å²) in [5.41, 5.74) is 2.79. The number of likely N-dealkylation sites (tertiary alicyclic amines) is 1. The van der Waals surface area contributed by atoms with Crippen LogP contribution in [-0.2, 0) is 16.0 Å². The summed E-state index contributed by atoms with van der Waals surface area (Å²) in [6.45, 7) is 3.40. The molecule has 26 heavy (non-hydrogen) atoms. The number of fused-ring (bicyclic) bond motifs is 1. The van der Waals surface area contributed by atoms with Gasteiger partial charge in [0.05, 0.1) is 12.5 Å². The highest BCUT2D eigenvalue weighted by atomic mass is 16.5. The van der Waals surface area contributed by atoms with Crippen molar-refractivity contribution in [3.63, 3.8) is 0 Å². The summed E-state index contributed by atoms with van der Waals surface area (Å²) in [7, 11) is 0. The zero-order chi connectivity index (χ0) is 18.1. The maximum Gasteiger partial charge on any atom is 0.228 e. The van der Waals surface area contributed by atoms with Crippen LogP contribution >= 0.6 is 0 Å². The quantitative estimate of drug-likeness (QED) is 0.901. The van der Waals surface area contributed by atoms with Gasteiger partial charge in [0.1, 0.15) is 11.6 Å². The largest absolute Gasteiger partial charge is 0.372 e. The second-order valence-electron chi connectivity index (χ2n) is 7.58. The van der Waals surface area contributed by atoms with Gasteiger partial charge in [-0.05, 0) is 50.2 Å². The average Bonchev–Trinajstić information content (AvgIpc) is 3.06. The molecule has 2 fully saturated rings. The lowest BCUT2D eigenvalue weighted by atomic mass is 9.79. The van der Waals surface area contributed by atoms with E-state index in [2.05, 4.69) is 24.0 Å². The summed E-state index contributed by atoms with van der Waals surface area (Å²) < 4.78 is 6.09. The third-order valence-electron chi connectivity index (χ3n) is 5.99. The smallest absolute Gasteiger partial charge is 0.228 e. The van der Waals surface area contributed by atoms with Crippen molar-refractivity contribution < 1.29 is 9.53 Å². The predicted octanol–water partition coefficient (Wildman–Crippen LogP) is 3.47. The molecule has 2 aliphatic heterocycles. The topological polar surface area (TPSA) is 69.1 Å². The van der Waals surface area contributed by atoms with Gasteiger partial charge in [0, 0.05) is 30.3 Å². The Bertz CT molecular complexity index is 852. The number of rotatable bonds is 2. The number of para-hydroxylation sites is 1. The first-order valence-electron chi connectivity index (χ1n) is 9.53. The van der Waals surface area contributed by atoms with E-state index in [0.717, 1.165) is 48.6 Å². The first kappa shape index (κ1) is 17.1.